The third kappa shape index (κ3) is 5.14. The van der Waals surface area contributed by atoms with Crippen LogP contribution >= 0.6 is 0 Å². The molecule has 0 amide bonds. The van der Waals surface area contributed by atoms with E-state index in [9.17, 15) is 0 Å². The minimum atomic E-state index is 1.09. The van der Waals surface area contributed by atoms with Crippen molar-refractivity contribution in [3.8, 4) is 22.3 Å². The van der Waals surface area contributed by atoms with Crippen molar-refractivity contribution in [2.24, 2.45) is 0 Å². The van der Waals surface area contributed by atoms with E-state index in [2.05, 4.69) is 127 Å². The summed E-state index contributed by atoms with van der Waals surface area (Å²) in [5.74, 6) is 0. The van der Waals surface area contributed by atoms with E-state index in [1.54, 1.807) is 6.08 Å². The number of hydrogen-bond donors (Lipinski definition) is 1. The van der Waals surface area contributed by atoms with Crippen LogP contribution in [0.4, 0.5) is 11.4 Å². The summed E-state index contributed by atoms with van der Waals surface area (Å²) in [7, 11) is 0. The lowest BCUT2D eigenvalue weighted by Crippen LogP contribution is -1.90. The first-order chi connectivity index (χ1) is 15.8. The van der Waals surface area contributed by atoms with E-state index in [-0.39, 0.29) is 0 Å². The Morgan fingerprint density at radius 2 is 0.938 bits per heavy atom. The highest BCUT2D eigenvalue weighted by Crippen LogP contribution is 2.27. The zero-order valence-electron chi connectivity index (χ0n) is 18.3. The highest BCUT2D eigenvalue weighted by molar-refractivity contribution is 5.87. The predicted molar refractivity (Wildman–Crippen MR) is 140 cm³/mol. The molecule has 0 saturated carbocycles. The van der Waals surface area contributed by atoms with Crippen molar-refractivity contribution in [3.05, 3.63) is 134 Å². The van der Waals surface area contributed by atoms with Crippen LogP contribution in [0.5, 0.6) is 0 Å². The quantitative estimate of drug-likeness (QED) is 0.290. The second-order valence-electron chi connectivity index (χ2n) is 7.62. The largest absolute Gasteiger partial charge is 0.356 e. The first kappa shape index (κ1) is 21.1. The Labute approximate surface area is 190 Å². The molecular formula is C31H27N. The topological polar surface area (TPSA) is 12.0 Å². The average molecular weight is 414 g/mol. The van der Waals surface area contributed by atoms with Gasteiger partial charge < -0.3 is 5.32 Å². The van der Waals surface area contributed by atoms with E-state index in [1.165, 1.54) is 33.0 Å². The van der Waals surface area contributed by atoms with Gasteiger partial charge in [-0.3, -0.25) is 0 Å². The van der Waals surface area contributed by atoms with Crippen molar-refractivity contribution >= 4 is 22.1 Å². The van der Waals surface area contributed by atoms with Gasteiger partial charge in [-0.1, -0.05) is 97.1 Å². The van der Waals surface area contributed by atoms with E-state index in [4.69, 9.17) is 0 Å². The normalized spacial score (nSPS) is 10.2. The number of rotatable bonds is 4. The van der Waals surface area contributed by atoms with E-state index in [0.717, 1.165) is 11.4 Å². The van der Waals surface area contributed by atoms with Crippen LogP contribution in [0.1, 0.15) is 6.92 Å². The summed E-state index contributed by atoms with van der Waals surface area (Å²) in [6.45, 7) is 5.25. The summed E-state index contributed by atoms with van der Waals surface area (Å²) < 4.78 is 0. The average Bonchev–Trinajstić information content (AvgIpc) is 2.86. The molecule has 0 aliphatic heterocycles. The van der Waals surface area contributed by atoms with Gasteiger partial charge >= 0.3 is 0 Å². The highest BCUT2D eigenvalue weighted by Gasteiger charge is 2.02. The molecule has 0 bridgehead atoms. The lowest BCUT2D eigenvalue weighted by Gasteiger charge is -2.09. The number of benzene rings is 5. The van der Waals surface area contributed by atoms with E-state index < -0.39 is 0 Å². The fourth-order valence-electron chi connectivity index (χ4n) is 3.66. The number of fused-ring (bicyclic) bond motifs is 1. The van der Waals surface area contributed by atoms with Gasteiger partial charge in [0, 0.05) is 11.4 Å². The van der Waals surface area contributed by atoms with Gasteiger partial charge in [-0.25, -0.2) is 0 Å². The standard InChI is InChI=1S/C28H21N.C3H6/c1-2-6-21(7-3-1)23-12-16-27(17-13-23)29-28-18-14-24(15-19-28)26-11-10-22-8-4-5-9-25(22)20-26;1-3-2/h1-20,29H;3H,1H2,2H3. The molecule has 32 heavy (non-hydrogen) atoms. The molecule has 1 heteroatoms. The molecule has 5 rings (SSSR count). The van der Waals surface area contributed by atoms with Crippen molar-refractivity contribution in [1.82, 2.24) is 0 Å². The fourth-order valence-corrected chi connectivity index (χ4v) is 3.66. The van der Waals surface area contributed by atoms with Gasteiger partial charge in [0.1, 0.15) is 0 Å². The SMILES string of the molecule is C=CC.c1ccc(-c2ccc(Nc3ccc(-c4ccc5ccccc5c4)cc3)cc2)cc1. The molecule has 0 radical (unpaired) electrons. The Morgan fingerprint density at radius 1 is 0.500 bits per heavy atom. The van der Waals surface area contributed by atoms with Gasteiger partial charge in [-0.05, 0) is 70.3 Å². The molecule has 156 valence electrons. The molecule has 5 aromatic rings. The van der Waals surface area contributed by atoms with E-state index >= 15 is 0 Å². The van der Waals surface area contributed by atoms with Crippen molar-refractivity contribution in [1.29, 1.82) is 0 Å². The molecule has 5 aromatic carbocycles. The maximum Gasteiger partial charge on any atom is 0.0384 e. The van der Waals surface area contributed by atoms with Crippen LogP contribution in [0.25, 0.3) is 33.0 Å². The third-order valence-electron chi connectivity index (χ3n) is 5.25. The maximum absolute atomic E-state index is 3.49. The van der Waals surface area contributed by atoms with Gasteiger partial charge in [-0.15, -0.1) is 6.58 Å². The molecule has 0 spiro atoms. The molecule has 0 atom stereocenters. The Balaban J connectivity index is 0.000000775. The van der Waals surface area contributed by atoms with E-state index in [0.29, 0.717) is 0 Å². The van der Waals surface area contributed by atoms with Crippen LogP contribution < -0.4 is 5.32 Å². The zero-order valence-corrected chi connectivity index (χ0v) is 18.3. The van der Waals surface area contributed by atoms with Crippen LogP contribution in [-0.4, -0.2) is 0 Å². The second kappa shape index (κ2) is 10.3. The number of anilines is 2. The van der Waals surface area contributed by atoms with Gasteiger partial charge in [0.15, 0.2) is 0 Å². The summed E-state index contributed by atoms with van der Waals surface area (Å²) in [5.41, 5.74) is 7.09. The highest BCUT2D eigenvalue weighted by atomic mass is 14.9. The Kier molecular flexibility index (Phi) is 6.79. The first-order valence-electron chi connectivity index (χ1n) is 10.9. The summed E-state index contributed by atoms with van der Waals surface area (Å²) in [5, 5.41) is 6.03. The summed E-state index contributed by atoms with van der Waals surface area (Å²) in [6.07, 6.45) is 1.75. The molecule has 0 aromatic heterocycles. The minimum Gasteiger partial charge on any atom is -0.356 e. The molecule has 0 heterocycles. The fraction of sp³-hybridized carbons (Fsp3) is 0.0323. The maximum atomic E-state index is 3.49. The van der Waals surface area contributed by atoms with Crippen molar-refractivity contribution in [3.63, 3.8) is 0 Å². The third-order valence-corrected chi connectivity index (χ3v) is 5.25. The molecule has 1 N–H and O–H groups in total. The van der Waals surface area contributed by atoms with Crippen molar-refractivity contribution in [2.45, 2.75) is 6.92 Å². The van der Waals surface area contributed by atoms with Gasteiger partial charge in [0.2, 0.25) is 0 Å². The molecule has 0 saturated heterocycles. The summed E-state index contributed by atoms with van der Waals surface area (Å²) >= 11 is 0. The van der Waals surface area contributed by atoms with Gasteiger partial charge in [0.05, 0.1) is 0 Å². The zero-order chi connectivity index (χ0) is 22.2. The van der Waals surface area contributed by atoms with Gasteiger partial charge in [0.25, 0.3) is 0 Å². The first-order valence-corrected chi connectivity index (χ1v) is 10.9. The monoisotopic (exact) mass is 413 g/mol. The van der Waals surface area contributed by atoms with Crippen LogP contribution in [0.3, 0.4) is 0 Å². The Bertz CT molecular complexity index is 1280. The molecule has 0 aliphatic carbocycles. The van der Waals surface area contributed by atoms with E-state index in [1.807, 2.05) is 13.0 Å². The van der Waals surface area contributed by atoms with Crippen molar-refractivity contribution < 1.29 is 0 Å². The number of hydrogen-bond acceptors (Lipinski definition) is 1. The predicted octanol–water partition coefficient (Wildman–Crippen LogP) is 9.11. The van der Waals surface area contributed by atoms with Crippen LogP contribution in [-0.2, 0) is 0 Å². The molecule has 1 nitrogen and oxygen atoms in total. The van der Waals surface area contributed by atoms with Crippen LogP contribution in [0.15, 0.2) is 134 Å². The summed E-state index contributed by atoms with van der Waals surface area (Å²) in [4.78, 5) is 0. The van der Waals surface area contributed by atoms with Gasteiger partial charge in [-0.2, -0.15) is 0 Å². The number of nitrogens with one attached hydrogen (secondary N) is 1. The smallest absolute Gasteiger partial charge is 0.0384 e. The second-order valence-corrected chi connectivity index (χ2v) is 7.62. The van der Waals surface area contributed by atoms with Crippen LogP contribution in [0, 0.1) is 0 Å². The minimum absolute atomic E-state index is 1.09. The molecule has 0 fully saturated rings. The molecule has 0 unspecified atom stereocenters. The lowest BCUT2D eigenvalue weighted by molar-refractivity contribution is 1.54. The molecule has 0 aliphatic rings. The lowest BCUT2D eigenvalue weighted by atomic mass is 10.0. The van der Waals surface area contributed by atoms with Crippen LogP contribution in [0.2, 0.25) is 0 Å². The summed E-state index contributed by atoms with van der Waals surface area (Å²) in [6, 6.07) is 42.7. The Morgan fingerprint density at radius 3 is 1.53 bits per heavy atom. The number of allylic oxidation sites excluding steroid dienone is 1. The van der Waals surface area contributed by atoms with Crippen molar-refractivity contribution in [2.75, 3.05) is 5.32 Å². The molecular weight excluding hydrogens is 386 g/mol. The Hall–Kier alpha value is -4.10.